The minimum atomic E-state index is -0.924. The Morgan fingerprint density at radius 2 is 1.79 bits per heavy atom. The fourth-order valence-corrected chi connectivity index (χ4v) is 2.85. The number of anilines is 1. The first kappa shape index (κ1) is 19.8. The summed E-state index contributed by atoms with van der Waals surface area (Å²) in [5.74, 6) is -1.29. The molecule has 3 rings (SSSR count). The van der Waals surface area contributed by atoms with Crippen LogP contribution < -0.4 is 10.9 Å². The SMILES string of the molecule is CCOC(=O)c1ccc(C(=N)c2c(O)c3cccc(NC(C)=O)c3oc2=O)cc1. The highest BCUT2D eigenvalue weighted by Crippen LogP contribution is 2.32. The van der Waals surface area contributed by atoms with Crippen LogP contribution in [0.4, 0.5) is 5.69 Å². The minimum absolute atomic E-state index is 0.0133. The molecular formula is C21H18N2O6. The van der Waals surface area contributed by atoms with Gasteiger partial charge in [0.2, 0.25) is 5.91 Å². The van der Waals surface area contributed by atoms with Gasteiger partial charge >= 0.3 is 11.6 Å². The van der Waals surface area contributed by atoms with Crippen LogP contribution in [0.3, 0.4) is 0 Å². The predicted molar refractivity (Wildman–Crippen MR) is 107 cm³/mol. The van der Waals surface area contributed by atoms with E-state index in [1.54, 1.807) is 13.0 Å². The minimum Gasteiger partial charge on any atom is -0.506 e. The van der Waals surface area contributed by atoms with Crippen molar-refractivity contribution in [1.82, 2.24) is 0 Å². The summed E-state index contributed by atoms with van der Waals surface area (Å²) in [7, 11) is 0. The maximum Gasteiger partial charge on any atom is 0.349 e. The van der Waals surface area contributed by atoms with Crippen molar-refractivity contribution < 1.29 is 23.8 Å². The lowest BCUT2D eigenvalue weighted by Gasteiger charge is -2.11. The number of amides is 1. The molecule has 0 spiro atoms. The summed E-state index contributed by atoms with van der Waals surface area (Å²) >= 11 is 0. The number of nitrogens with one attached hydrogen (secondary N) is 2. The van der Waals surface area contributed by atoms with Crippen molar-refractivity contribution in [3.8, 4) is 5.75 Å². The van der Waals surface area contributed by atoms with Crippen LogP contribution in [0.5, 0.6) is 5.75 Å². The van der Waals surface area contributed by atoms with Crippen LogP contribution in [-0.2, 0) is 9.53 Å². The lowest BCUT2D eigenvalue weighted by Crippen LogP contribution is -2.16. The van der Waals surface area contributed by atoms with E-state index in [4.69, 9.17) is 14.6 Å². The van der Waals surface area contributed by atoms with Gasteiger partial charge in [-0.3, -0.25) is 10.2 Å². The fourth-order valence-electron chi connectivity index (χ4n) is 2.85. The highest BCUT2D eigenvalue weighted by Gasteiger charge is 2.21. The number of ether oxygens (including phenoxy) is 1. The molecule has 0 radical (unpaired) electrons. The van der Waals surface area contributed by atoms with Crippen LogP contribution in [0.25, 0.3) is 11.0 Å². The summed E-state index contributed by atoms with van der Waals surface area (Å²) in [6.45, 7) is 3.24. The summed E-state index contributed by atoms with van der Waals surface area (Å²) in [5.41, 5.74) is -0.651. The van der Waals surface area contributed by atoms with Crippen molar-refractivity contribution in [3.05, 3.63) is 69.6 Å². The second-order valence-electron chi connectivity index (χ2n) is 6.15. The van der Waals surface area contributed by atoms with Crippen LogP contribution in [0.15, 0.2) is 51.7 Å². The molecule has 1 amide bonds. The van der Waals surface area contributed by atoms with Crippen molar-refractivity contribution in [3.63, 3.8) is 0 Å². The first-order chi connectivity index (χ1) is 13.8. The topological polar surface area (TPSA) is 130 Å². The molecule has 1 aromatic heterocycles. The largest absolute Gasteiger partial charge is 0.506 e. The maximum atomic E-state index is 12.5. The van der Waals surface area contributed by atoms with Crippen LogP contribution in [0.2, 0.25) is 0 Å². The molecule has 1 heterocycles. The Morgan fingerprint density at radius 3 is 2.41 bits per heavy atom. The molecule has 8 heteroatoms. The average molecular weight is 394 g/mol. The first-order valence-corrected chi connectivity index (χ1v) is 8.76. The molecule has 0 fully saturated rings. The number of esters is 1. The number of hydrogen-bond donors (Lipinski definition) is 3. The molecule has 0 bridgehead atoms. The van der Waals surface area contributed by atoms with Gasteiger partial charge in [-0.2, -0.15) is 0 Å². The molecule has 0 saturated heterocycles. The first-order valence-electron chi connectivity index (χ1n) is 8.76. The van der Waals surface area contributed by atoms with E-state index < -0.39 is 17.3 Å². The summed E-state index contributed by atoms with van der Waals surface area (Å²) in [4.78, 5) is 35.6. The summed E-state index contributed by atoms with van der Waals surface area (Å²) in [6.07, 6.45) is 0. The summed E-state index contributed by atoms with van der Waals surface area (Å²) in [5, 5.41) is 21.7. The highest BCUT2D eigenvalue weighted by atomic mass is 16.5. The summed E-state index contributed by atoms with van der Waals surface area (Å²) in [6, 6.07) is 10.5. The number of benzene rings is 2. The van der Waals surface area contributed by atoms with Gasteiger partial charge in [0.05, 0.1) is 29.0 Å². The Morgan fingerprint density at radius 1 is 1.14 bits per heavy atom. The number of para-hydroxylation sites is 1. The highest BCUT2D eigenvalue weighted by molar-refractivity contribution is 6.15. The zero-order valence-corrected chi connectivity index (χ0v) is 15.7. The molecule has 3 aromatic rings. The van der Waals surface area contributed by atoms with E-state index in [1.165, 1.54) is 43.3 Å². The second kappa shape index (κ2) is 7.97. The third-order valence-electron chi connectivity index (χ3n) is 4.15. The monoisotopic (exact) mass is 394 g/mol. The van der Waals surface area contributed by atoms with Crippen molar-refractivity contribution >= 4 is 34.2 Å². The molecule has 2 aromatic carbocycles. The van der Waals surface area contributed by atoms with Crippen molar-refractivity contribution in [1.29, 1.82) is 5.41 Å². The molecule has 148 valence electrons. The number of hydrogen-bond acceptors (Lipinski definition) is 7. The van der Waals surface area contributed by atoms with Gasteiger partial charge in [-0.15, -0.1) is 0 Å². The molecule has 0 atom stereocenters. The van der Waals surface area contributed by atoms with Gasteiger partial charge in [0, 0.05) is 12.5 Å². The molecular weight excluding hydrogens is 376 g/mol. The molecule has 0 saturated carbocycles. The third-order valence-corrected chi connectivity index (χ3v) is 4.15. The third kappa shape index (κ3) is 3.86. The van der Waals surface area contributed by atoms with Crippen LogP contribution in [-0.4, -0.2) is 29.3 Å². The van der Waals surface area contributed by atoms with E-state index in [9.17, 15) is 19.5 Å². The van der Waals surface area contributed by atoms with Gasteiger partial charge in [-0.05, 0) is 31.2 Å². The van der Waals surface area contributed by atoms with E-state index >= 15 is 0 Å². The number of rotatable bonds is 5. The number of carbonyl (C=O) groups excluding carboxylic acids is 2. The smallest absolute Gasteiger partial charge is 0.349 e. The maximum absolute atomic E-state index is 12.5. The molecule has 0 unspecified atom stereocenters. The summed E-state index contributed by atoms with van der Waals surface area (Å²) < 4.78 is 10.2. The van der Waals surface area contributed by atoms with Gasteiger partial charge in [-0.1, -0.05) is 18.2 Å². The molecule has 29 heavy (non-hydrogen) atoms. The molecule has 0 aliphatic rings. The van der Waals surface area contributed by atoms with Gasteiger partial charge in [0.1, 0.15) is 11.3 Å². The van der Waals surface area contributed by atoms with Gasteiger partial charge in [0.15, 0.2) is 5.58 Å². The number of aromatic hydroxyl groups is 1. The Balaban J connectivity index is 2.06. The Bertz CT molecular complexity index is 1180. The van der Waals surface area contributed by atoms with Crippen molar-refractivity contribution in [2.75, 3.05) is 11.9 Å². The van der Waals surface area contributed by atoms with Crippen LogP contribution in [0, 0.1) is 5.41 Å². The van der Waals surface area contributed by atoms with Gasteiger partial charge in [-0.25, -0.2) is 9.59 Å². The quantitative estimate of drug-likeness (QED) is 0.346. The van der Waals surface area contributed by atoms with Crippen molar-refractivity contribution in [2.24, 2.45) is 0 Å². The van der Waals surface area contributed by atoms with Crippen molar-refractivity contribution in [2.45, 2.75) is 13.8 Å². The lowest BCUT2D eigenvalue weighted by molar-refractivity contribution is -0.114. The van der Waals surface area contributed by atoms with Gasteiger partial charge in [0.25, 0.3) is 0 Å². The number of carbonyl (C=O) groups is 2. The Hall–Kier alpha value is -3.94. The Kier molecular flexibility index (Phi) is 5.45. The lowest BCUT2D eigenvalue weighted by atomic mass is 10.00. The fraction of sp³-hybridized carbons (Fsp3) is 0.143. The Labute approximate surface area is 165 Å². The molecule has 0 aliphatic carbocycles. The van der Waals surface area contributed by atoms with Gasteiger partial charge < -0.3 is 19.6 Å². The molecule has 3 N–H and O–H groups in total. The van der Waals surface area contributed by atoms with E-state index in [2.05, 4.69) is 5.32 Å². The number of fused-ring (bicyclic) bond motifs is 1. The normalized spacial score (nSPS) is 10.6. The van der Waals surface area contributed by atoms with E-state index in [0.717, 1.165) is 0 Å². The molecule has 8 nitrogen and oxygen atoms in total. The zero-order chi connectivity index (χ0) is 21.1. The predicted octanol–water partition coefficient (Wildman–Crippen LogP) is 3.05. The van der Waals surface area contributed by atoms with Crippen LogP contribution >= 0.6 is 0 Å². The second-order valence-corrected chi connectivity index (χ2v) is 6.15. The zero-order valence-electron chi connectivity index (χ0n) is 15.7. The van der Waals surface area contributed by atoms with Crippen LogP contribution in [0.1, 0.15) is 35.3 Å². The molecule has 0 aliphatic heterocycles. The van der Waals surface area contributed by atoms with E-state index in [1.807, 2.05) is 0 Å². The average Bonchev–Trinajstić information content (AvgIpc) is 2.68. The van der Waals surface area contributed by atoms with E-state index in [0.29, 0.717) is 11.1 Å². The standard InChI is InChI=1S/C21H18N2O6/c1-3-28-20(26)13-9-7-12(8-10-13)17(22)16-18(25)14-5-4-6-15(23-11(2)24)19(14)29-21(16)27/h4-10,22,25H,3H2,1-2H3,(H,23,24). The van der Waals surface area contributed by atoms with E-state index in [-0.39, 0.29) is 40.4 Å².